The summed E-state index contributed by atoms with van der Waals surface area (Å²) in [6.07, 6.45) is -2.77. The molecule has 0 saturated carbocycles. The Morgan fingerprint density at radius 2 is 1.60 bits per heavy atom. The van der Waals surface area contributed by atoms with Crippen molar-refractivity contribution < 1.29 is 70.4 Å². The summed E-state index contributed by atoms with van der Waals surface area (Å²) in [6.45, 7) is 2.05. The summed E-state index contributed by atoms with van der Waals surface area (Å²) >= 11 is 0. The van der Waals surface area contributed by atoms with E-state index < -0.39 is 98.3 Å². The van der Waals surface area contributed by atoms with Gasteiger partial charge in [-0.05, 0) is 38.6 Å². The van der Waals surface area contributed by atoms with Crippen molar-refractivity contribution in [3.05, 3.63) is 52.0 Å². The molecule has 1 amide bonds. The van der Waals surface area contributed by atoms with Gasteiger partial charge in [-0.3, -0.25) is 45.0 Å². The highest BCUT2D eigenvalue weighted by Gasteiger charge is 2.67. The Morgan fingerprint density at radius 3 is 2.13 bits per heavy atom. The number of hydrogen-bond acceptors (Lipinski definition) is 18. The highest BCUT2D eigenvalue weighted by molar-refractivity contribution is 6.25. The van der Waals surface area contributed by atoms with Crippen molar-refractivity contribution in [1.29, 1.82) is 0 Å². The molecule has 0 aliphatic heterocycles. The van der Waals surface area contributed by atoms with E-state index in [0.717, 1.165) is 0 Å². The molecule has 1 aromatic rings. The zero-order valence-electron chi connectivity index (χ0n) is 25.9. The zero-order chi connectivity index (χ0) is 35.1. The van der Waals surface area contributed by atoms with Crippen molar-refractivity contribution in [3.63, 3.8) is 0 Å². The fraction of sp³-hybridized carbons (Fsp3) is 0.536. The number of likely N-dealkylation sites (N-methyl/N-ethyl adjacent to an activating group) is 1. The number of nitrogens with zero attached hydrogens (tertiary/aromatic N) is 4. The van der Waals surface area contributed by atoms with E-state index in [2.05, 4.69) is 15.0 Å². The molecule has 0 heterocycles. The van der Waals surface area contributed by atoms with Crippen LogP contribution in [0, 0.1) is 11.8 Å². The van der Waals surface area contributed by atoms with Gasteiger partial charge in [0.2, 0.25) is 5.78 Å². The first-order chi connectivity index (χ1) is 22.0. The quantitative estimate of drug-likeness (QED) is 0.0722. The zero-order valence-corrected chi connectivity index (χ0v) is 25.9. The minimum Gasteiger partial charge on any atom is -0.510 e. The van der Waals surface area contributed by atoms with Crippen LogP contribution in [0.4, 0.5) is 0 Å². The first-order valence-electron chi connectivity index (χ1n) is 14.5. The number of fused-ring (bicyclic) bond motifs is 3. The molecule has 0 bridgehead atoms. The van der Waals surface area contributed by atoms with E-state index in [4.69, 9.17) is 20.8 Å². The smallest absolute Gasteiger partial charge is 0.259 e. The Hall–Kier alpha value is -3.57. The molecule has 7 atom stereocenters. The predicted octanol–water partition coefficient (Wildman–Crippen LogP) is -1.04. The number of phenolic OH excluding ortho intramolecular Hbond substituents is 1. The molecule has 3 aliphatic rings. The normalized spacial score (nSPS) is 28.3. The van der Waals surface area contributed by atoms with Crippen LogP contribution in [0.25, 0.3) is 0 Å². The maximum atomic E-state index is 14.1. The molecular weight excluding hydrogens is 630 g/mol. The van der Waals surface area contributed by atoms with Crippen LogP contribution < -0.4 is 5.32 Å². The van der Waals surface area contributed by atoms with Gasteiger partial charge in [-0.25, -0.2) is 9.68 Å². The number of benzene rings is 1. The number of carbonyl (C=O) groups is 3. The minimum absolute atomic E-state index is 0.139. The number of hydrogen-bond donors (Lipinski definition) is 10. The Bertz CT molecular complexity index is 1450. The average Bonchev–Trinajstić information content (AvgIpc) is 2.97. The van der Waals surface area contributed by atoms with Gasteiger partial charge in [-0.15, -0.1) is 0 Å². The summed E-state index contributed by atoms with van der Waals surface area (Å²) in [5.41, 5.74) is -4.36. The second-order valence-electron chi connectivity index (χ2n) is 11.8. The van der Waals surface area contributed by atoms with Gasteiger partial charge in [0.1, 0.15) is 22.8 Å². The lowest BCUT2D eigenvalue weighted by Crippen LogP contribution is -2.68. The molecule has 0 aromatic heterocycles. The molecule has 0 saturated heterocycles. The second-order valence-corrected chi connectivity index (χ2v) is 11.8. The molecule has 19 nitrogen and oxygen atoms in total. The number of rotatable bonds is 12. The van der Waals surface area contributed by atoms with Gasteiger partial charge in [0.15, 0.2) is 11.4 Å². The van der Waals surface area contributed by atoms with Crippen LogP contribution in [0.2, 0.25) is 0 Å². The molecular formula is C28H39N5O14. The summed E-state index contributed by atoms with van der Waals surface area (Å²) < 4.78 is 0. The van der Waals surface area contributed by atoms with Crippen molar-refractivity contribution >= 4 is 17.5 Å². The van der Waals surface area contributed by atoms with E-state index in [0.29, 0.717) is 5.56 Å². The molecule has 4 rings (SSSR count). The fourth-order valence-corrected chi connectivity index (χ4v) is 6.90. The molecule has 0 fully saturated rings. The summed E-state index contributed by atoms with van der Waals surface area (Å²) in [7, 11) is 2.89. The second kappa shape index (κ2) is 13.9. The van der Waals surface area contributed by atoms with Crippen LogP contribution in [0.15, 0.2) is 40.9 Å². The van der Waals surface area contributed by atoms with Gasteiger partial charge in [0.25, 0.3) is 5.91 Å². The third-order valence-electron chi connectivity index (χ3n) is 9.03. The molecule has 0 radical (unpaired) electrons. The number of nitrogens with one attached hydrogen (secondary N) is 1. The van der Waals surface area contributed by atoms with E-state index in [1.165, 1.54) is 43.0 Å². The fourth-order valence-electron chi connectivity index (χ4n) is 6.90. The standard InChI is InChI=1S/C28H39N5O14/c1-12-14-6-5-7-15(34)17(14)22(35)18-16(12)23(36)20-21(30(3)4)24(37)19(26(39)28(20,41)25(18)38)27(40)29-13(2)31(8-10-46-32(42)43)9-11-47-33(44)45/h5-7,12-13,16,20-21,23,34,36-38,41-45H,8-11H2,1-4H3,(H,29,40)/t12-,13?,16+,20+,21-,23-,28-/m0/s1. The van der Waals surface area contributed by atoms with Crippen LogP contribution in [0.1, 0.15) is 35.7 Å². The SMILES string of the molecule is CC(NC(=O)C1=C(O)[C@@H](N(C)C)[C@@H]2[C@@H](O)[C@H]3C(=C(O)[C@]2(O)C1=O)C(=O)c1c(O)cccc1[C@@H]3C)N(CCON(O)O)CCON(O)O. The highest BCUT2D eigenvalue weighted by Crippen LogP contribution is 2.55. The van der Waals surface area contributed by atoms with Gasteiger partial charge < -0.3 is 30.8 Å². The van der Waals surface area contributed by atoms with Gasteiger partial charge in [-0.2, -0.15) is 0 Å². The Morgan fingerprint density at radius 1 is 1.02 bits per heavy atom. The molecule has 1 aromatic carbocycles. The molecule has 1 unspecified atom stereocenters. The van der Waals surface area contributed by atoms with Crippen LogP contribution in [0.3, 0.4) is 0 Å². The molecule has 3 aliphatic carbocycles. The maximum absolute atomic E-state index is 14.1. The van der Waals surface area contributed by atoms with Gasteiger partial charge in [-0.1, -0.05) is 19.1 Å². The van der Waals surface area contributed by atoms with Gasteiger partial charge in [0, 0.05) is 24.6 Å². The predicted molar refractivity (Wildman–Crippen MR) is 152 cm³/mol. The van der Waals surface area contributed by atoms with Crippen molar-refractivity contribution in [2.24, 2.45) is 11.8 Å². The monoisotopic (exact) mass is 669 g/mol. The van der Waals surface area contributed by atoms with E-state index in [1.807, 2.05) is 0 Å². The molecule has 19 heteroatoms. The number of aliphatic hydroxyl groups is 4. The maximum Gasteiger partial charge on any atom is 0.259 e. The summed E-state index contributed by atoms with van der Waals surface area (Å²) in [6, 6.07) is 2.90. The van der Waals surface area contributed by atoms with Crippen molar-refractivity contribution in [3.8, 4) is 5.75 Å². The lowest BCUT2D eigenvalue weighted by atomic mass is 9.55. The molecule has 260 valence electrons. The number of carbonyl (C=O) groups excluding carboxylic acids is 3. The van der Waals surface area contributed by atoms with Gasteiger partial charge in [0.05, 0.1) is 53.8 Å². The lowest BCUT2D eigenvalue weighted by Gasteiger charge is -2.53. The van der Waals surface area contributed by atoms with Crippen LogP contribution in [-0.4, -0.2) is 149 Å². The van der Waals surface area contributed by atoms with E-state index in [-0.39, 0.29) is 31.9 Å². The summed E-state index contributed by atoms with van der Waals surface area (Å²) in [4.78, 5) is 53.2. The number of amides is 1. The van der Waals surface area contributed by atoms with Crippen LogP contribution >= 0.6 is 0 Å². The number of ketones is 2. The first kappa shape index (κ1) is 36.3. The molecule has 47 heavy (non-hydrogen) atoms. The van der Waals surface area contributed by atoms with Crippen molar-refractivity contribution in [2.75, 3.05) is 40.4 Å². The Labute approximate surface area is 267 Å². The molecule has 0 spiro atoms. The Kier molecular flexibility index (Phi) is 10.7. The number of aliphatic hydroxyl groups excluding tert-OH is 3. The minimum atomic E-state index is -3.07. The Balaban J connectivity index is 1.75. The third kappa shape index (κ3) is 6.36. The van der Waals surface area contributed by atoms with Gasteiger partial charge >= 0.3 is 0 Å². The topological polar surface area (TPSA) is 277 Å². The van der Waals surface area contributed by atoms with E-state index in [1.54, 1.807) is 13.0 Å². The average molecular weight is 670 g/mol. The summed E-state index contributed by atoms with van der Waals surface area (Å²) in [5.74, 6) is -9.54. The largest absolute Gasteiger partial charge is 0.510 e. The summed E-state index contributed by atoms with van der Waals surface area (Å²) in [5, 5.41) is 94.0. The highest BCUT2D eigenvalue weighted by atomic mass is 17.1. The number of Topliss-reactive ketones (excluding diaryl/α,β-unsaturated/α-hetero) is 2. The van der Waals surface area contributed by atoms with Crippen LogP contribution in [-0.2, 0) is 19.3 Å². The lowest BCUT2D eigenvalue weighted by molar-refractivity contribution is -0.494. The third-order valence-corrected chi connectivity index (χ3v) is 9.03. The first-order valence-corrected chi connectivity index (χ1v) is 14.5. The van der Waals surface area contributed by atoms with Crippen molar-refractivity contribution in [1.82, 2.24) is 25.9 Å². The number of aromatic hydroxyl groups is 1. The van der Waals surface area contributed by atoms with Crippen molar-refractivity contribution in [2.45, 2.75) is 43.7 Å². The number of phenols is 1. The van der Waals surface area contributed by atoms with E-state index >= 15 is 0 Å². The van der Waals surface area contributed by atoms with Crippen LogP contribution in [0.5, 0.6) is 5.75 Å². The van der Waals surface area contributed by atoms with E-state index in [9.17, 15) is 39.9 Å². The molecule has 10 N–H and O–H groups in total.